The summed E-state index contributed by atoms with van der Waals surface area (Å²) < 4.78 is 14.8. The van der Waals surface area contributed by atoms with Crippen LogP contribution in [-0.2, 0) is 0 Å². The van der Waals surface area contributed by atoms with Crippen LogP contribution in [-0.4, -0.2) is 5.71 Å². The number of benzene rings is 3. The van der Waals surface area contributed by atoms with Crippen LogP contribution in [0.4, 0.5) is 10.1 Å². The van der Waals surface area contributed by atoms with Crippen LogP contribution >= 0.6 is 15.9 Å². The fraction of sp³-hybridized carbons (Fsp3) is 0. The summed E-state index contributed by atoms with van der Waals surface area (Å²) in [5, 5.41) is 4.35. The molecule has 4 heteroatoms. The van der Waals surface area contributed by atoms with E-state index in [4.69, 9.17) is 0 Å². The number of anilines is 1. The molecular weight excluding hydrogens is 403 g/mol. The Labute approximate surface area is 166 Å². The van der Waals surface area contributed by atoms with Gasteiger partial charge in [-0.15, -0.1) is 0 Å². The molecule has 3 aromatic rings. The number of allylic oxidation sites excluding steroid dienone is 1. The zero-order chi connectivity index (χ0) is 18.9. The van der Waals surface area contributed by atoms with Crippen LogP contribution < -0.4 is 5.43 Å². The second-order valence-corrected chi connectivity index (χ2v) is 6.50. The van der Waals surface area contributed by atoms with Gasteiger partial charge in [0, 0.05) is 15.6 Å². The minimum absolute atomic E-state index is 0.287. The summed E-state index contributed by atoms with van der Waals surface area (Å²) in [7, 11) is 0. The summed E-state index contributed by atoms with van der Waals surface area (Å²) >= 11 is 3.40. The Kier molecular flexibility index (Phi) is 6.56. The Morgan fingerprint density at radius 3 is 2.37 bits per heavy atom. The van der Waals surface area contributed by atoms with Gasteiger partial charge in [-0.05, 0) is 60.5 Å². The molecule has 1 N–H and O–H groups in total. The molecule has 0 aliphatic heterocycles. The fourth-order valence-electron chi connectivity index (χ4n) is 2.19. The molecule has 0 amide bonds. The lowest BCUT2D eigenvalue weighted by Gasteiger charge is -2.01. The smallest absolute Gasteiger partial charge is 0.133 e. The Balaban J connectivity index is 1.86. The molecule has 0 aromatic heterocycles. The normalized spacial score (nSPS) is 11.1. The Morgan fingerprint density at radius 2 is 1.63 bits per heavy atom. The minimum Gasteiger partial charge on any atom is -0.277 e. The number of hydrogen-bond acceptors (Lipinski definition) is 2. The van der Waals surface area contributed by atoms with Gasteiger partial charge in [-0.1, -0.05) is 58.2 Å². The van der Waals surface area contributed by atoms with Gasteiger partial charge in [0.05, 0.1) is 5.69 Å². The molecule has 2 nitrogen and oxygen atoms in total. The maximum atomic E-state index is 13.8. The predicted molar refractivity (Wildman–Crippen MR) is 114 cm³/mol. The lowest BCUT2D eigenvalue weighted by atomic mass is 10.1. The van der Waals surface area contributed by atoms with E-state index in [0.717, 1.165) is 15.7 Å². The lowest BCUT2D eigenvalue weighted by Crippen LogP contribution is -1.97. The molecule has 0 fully saturated rings. The van der Waals surface area contributed by atoms with E-state index < -0.39 is 0 Å². The van der Waals surface area contributed by atoms with Crippen molar-refractivity contribution in [1.82, 2.24) is 0 Å². The first-order valence-corrected chi connectivity index (χ1v) is 9.09. The van der Waals surface area contributed by atoms with Gasteiger partial charge in [0.2, 0.25) is 0 Å². The summed E-state index contributed by atoms with van der Waals surface area (Å²) in [6.07, 6.45) is 3.36. The van der Waals surface area contributed by atoms with E-state index in [0.29, 0.717) is 11.3 Å². The first-order valence-electron chi connectivity index (χ1n) is 8.30. The highest BCUT2D eigenvalue weighted by Crippen LogP contribution is 2.14. The van der Waals surface area contributed by atoms with Crippen molar-refractivity contribution >= 4 is 33.4 Å². The Morgan fingerprint density at radius 1 is 0.926 bits per heavy atom. The van der Waals surface area contributed by atoms with Crippen LogP contribution in [0.2, 0.25) is 0 Å². The van der Waals surface area contributed by atoms with Crippen molar-refractivity contribution in [3.63, 3.8) is 0 Å². The third kappa shape index (κ3) is 5.95. The van der Waals surface area contributed by atoms with Crippen molar-refractivity contribution in [2.45, 2.75) is 0 Å². The number of halogens is 2. The number of hydrazone groups is 1. The summed E-state index contributed by atoms with van der Waals surface area (Å²) in [4.78, 5) is 0. The van der Waals surface area contributed by atoms with Crippen LogP contribution in [0.3, 0.4) is 0 Å². The molecule has 3 rings (SSSR count). The summed E-state index contributed by atoms with van der Waals surface area (Å²) in [5.74, 6) is 5.81. The maximum Gasteiger partial charge on any atom is 0.133 e. The third-order valence-electron chi connectivity index (χ3n) is 3.58. The van der Waals surface area contributed by atoms with Crippen LogP contribution in [0.25, 0.3) is 6.08 Å². The van der Waals surface area contributed by atoms with E-state index in [9.17, 15) is 4.39 Å². The van der Waals surface area contributed by atoms with Crippen molar-refractivity contribution in [2.75, 3.05) is 5.43 Å². The highest BCUT2D eigenvalue weighted by Gasteiger charge is 1.97. The van der Waals surface area contributed by atoms with E-state index in [1.165, 1.54) is 6.07 Å². The molecule has 27 heavy (non-hydrogen) atoms. The molecule has 0 atom stereocenters. The minimum atomic E-state index is -0.287. The van der Waals surface area contributed by atoms with Gasteiger partial charge in [0.25, 0.3) is 0 Å². The van der Waals surface area contributed by atoms with Crippen molar-refractivity contribution in [1.29, 1.82) is 0 Å². The molecule has 0 heterocycles. The molecule has 0 unspecified atom stereocenters. The fourth-order valence-corrected chi connectivity index (χ4v) is 2.46. The lowest BCUT2D eigenvalue weighted by molar-refractivity contribution is 0.625. The van der Waals surface area contributed by atoms with E-state index in [-0.39, 0.29) is 5.82 Å². The van der Waals surface area contributed by atoms with Crippen LogP contribution in [0.1, 0.15) is 11.1 Å². The molecular formula is C23H16BrFN2. The first-order chi connectivity index (χ1) is 13.2. The van der Waals surface area contributed by atoms with Crippen molar-refractivity contribution in [2.24, 2.45) is 5.10 Å². The maximum absolute atomic E-state index is 13.8. The molecule has 0 saturated heterocycles. The second kappa shape index (κ2) is 9.51. The summed E-state index contributed by atoms with van der Waals surface area (Å²) in [6.45, 7) is 0. The molecule has 132 valence electrons. The van der Waals surface area contributed by atoms with Crippen LogP contribution in [0.5, 0.6) is 0 Å². The largest absolute Gasteiger partial charge is 0.277 e. The average molecular weight is 419 g/mol. The van der Waals surface area contributed by atoms with Gasteiger partial charge in [-0.3, -0.25) is 5.43 Å². The Bertz CT molecular complexity index is 1010. The van der Waals surface area contributed by atoms with E-state index in [1.54, 1.807) is 30.4 Å². The topological polar surface area (TPSA) is 24.4 Å². The predicted octanol–water partition coefficient (Wildman–Crippen LogP) is 6.12. The van der Waals surface area contributed by atoms with Gasteiger partial charge in [-0.2, -0.15) is 5.10 Å². The molecule has 0 aliphatic rings. The van der Waals surface area contributed by atoms with E-state index in [2.05, 4.69) is 38.3 Å². The standard InChI is InChI=1S/C23H16BrFN2/c24-20-12-16-22(17-13-20)27-26-21(14-10-18-6-2-1-3-7-18)15-11-19-8-4-5-9-23(19)25/h1-9,11-13,15-17,27H/b15-11+,26-21-. The third-order valence-corrected chi connectivity index (χ3v) is 4.11. The molecule has 0 aliphatic carbocycles. The average Bonchev–Trinajstić information content (AvgIpc) is 2.70. The molecule has 0 bridgehead atoms. The SMILES string of the molecule is Fc1ccccc1/C=C/C(C#Cc1ccccc1)=N\Nc1ccc(Br)cc1. The summed E-state index contributed by atoms with van der Waals surface area (Å²) in [6, 6.07) is 23.8. The number of nitrogens with one attached hydrogen (secondary N) is 1. The quantitative estimate of drug-likeness (QED) is 0.308. The van der Waals surface area contributed by atoms with Gasteiger partial charge in [0.15, 0.2) is 0 Å². The van der Waals surface area contributed by atoms with Crippen molar-refractivity contribution < 1.29 is 4.39 Å². The van der Waals surface area contributed by atoms with Crippen molar-refractivity contribution in [3.05, 3.63) is 106 Å². The van der Waals surface area contributed by atoms with Gasteiger partial charge >= 0.3 is 0 Å². The second-order valence-electron chi connectivity index (χ2n) is 5.59. The van der Waals surface area contributed by atoms with Gasteiger partial charge in [0.1, 0.15) is 11.5 Å². The Hall–Kier alpha value is -3.16. The van der Waals surface area contributed by atoms with E-state index >= 15 is 0 Å². The molecule has 0 spiro atoms. The van der Waals surface area contributed by atoms with Gasteiger partial charge < -0.3 is 0 Å². The number of rotatable bonds is 4. The van der Waals surface area contributed by atoms with Gasteiger partial charge in [-0.25, -0.2) is 4.39 Å². The molecule has 3 aromatic carbocycles. The first kappa shape index (κ1) is 18.6. The highest BCUT2D eigenvalue weighted by molar-refractivity contribution is 9.10. The highest BCUT2D eigenvalue weighted by atomic mass is 79.9. The monoisotopic (exact) mass is 418 g/mol. The van der Waals surface area contributed by atoms with E-state index in [1.807, 2.05) is 54.6 Å². The zero-order valence-electron chi connectivity index (χ0n) is 14.4. The molecule has 0 radical (unpaired) electrons. The number of nitrogens with zero attached hydrogens (tertiary/aromatic N) is 1. The zero-order valence-corrected chi connectivity index (χ0v) is 15.9. The number of hydrogen-bond donors (Lipinski definition) is 1. The summed E-state index contributed by atoms with van der Waals surface area (Å²) in [5.41, 5.74) is 5.66. The van der Waals surface area contributed by atoms with Crippen LogP contribution in [0, 0.1) is 17.7 Å². The molecule has 0 saturated carbocycles. The van der Waals surface area contributed by atoms with Crippen molar-refractivity contribution in [3.8, 4) is 11.8 Å². The van der Waals surface area contributed by atoms with Crippen LogP contribution in [0.15, 0.2) is 94.5 Å².